The summed E-state index contributed by atoms with van der Waals surface area (Å²) in [7, 11) is 1.41. The number of benzene rings is 1. The Bertz CT molecular complexity index is 1100. The Morgan fingerprint density at radius 2 is 1.76 bits per heavy atom. The monoisotopic (exact) mass is 528 g/mol. The summed E-state index contributed by atoms with van der Waals surface area (Å²) in [5.41, 5.74) is 0.716. The number of carboxylic acids is 1. The fraction of sp³-hybridized carbons (Fsp3) is 0.645. The van der Waals surface area contributed by atoms with E-state index >= 15 is 0 Å². The van der Waals surface area contributed by atoms with E-state index in [1.807, 2.05) is 40.7 Å². The van der Waals surface area contributed by atoms with Crippen molar-refractivity contribution in [3.63, 3.8) is 0 Å². The first-order valence-electron chi connectivity index (χ1n) is 13.7. The Hall–Kier alpha value is -2.83. The summed E-state index contributed by atoms with van der Waals surface area (Å²) in [5, 5.41) is 9.73. The zero-order chi connectivity index (χ0) is 28.5. The minimum absolute atomic E-state index is 0.0545. The zero-order valence-corrected chi connectivity index (χ0v) is 24.2. The first-order valence-corrected chi connectivity index (χ1v) is 13.7. The van der Waals surface area contributed by atoms with E-state index in [-0.39, 0.29) is 29.2 Å². The van der Waals surface area contributed by atoms with E-state index in [1.54, 1.807) is 6.08 Å². The van der Waals surface area contributed by atoms with Gasteiger partial charge in [-0.2, -0.15) is 0 Å². The fourth-order valence-corrected chi connectivity index (χ4v) is 5.54. The molecule has 1 aromatic carbocycles. The molecular weight excluding hydrogens is 484 g/mol. The highest BCUT2D eigenvalue weighted by molar-refractivity contribution is 5.87. The van der Waals surface area contributed by atoms with E-state index in [4.69, 9.17) is 14.2 Å². The molecule has 0 bridgehead atoms. The van der Waals surface area contributed by atoms with Crippen LogP contribution in [0.3, 0.4) is 0 Å². The van der Waals surface area contributed by atoms with Crippen LogP contribution in [0.4, 0.5) is 0 Å². The van der Waals surface area contributed by atoms with E-state index in [9.17, 15) is 19.5 Å². The van der Waals surface area contributed by atoms with Crippen molar-refractivity contribution < 1.29 is 33.7 Å². The van der Waals surface area contributed by atoms with Crippen molar-refractivity contribution in [3.8, 4) is 11.5 Å². The number of carboxylic acid groups (broad SMARTS) is 1. The van der Waals surface area contributed by atoms with Gasteiger partial charge in [-0.05, 0) is 83.4 Å². The third-order valence-electron chi connectivity index (χ3n) is 8.07. The van der Waals surface area contributed by atoms with Gasteiger partial charge < -0.3 is 19.3 Å². The second-order valence-electron chi connectivity index (χ2n) is 12.9. The van der Waals surface area contributed by atoms with Gasteiger partial charge >= 0.3 is 17.9 Å². The summed E-state index contributed by atoms with van der Waals surface area (Å²) >= 11 is 0. The number of allylic oxidation sites excluding steroid dienone is 1. The van der Waals surface area contributed by atoms with E-state index in [2.05, 4.69) is 19.9 Å². The van der Waals surface area contributed by atoms with Gasteiger partial charge in [0, 0.05) is 29.4 Å². The van der Waals surface area contributed by atoms with Gasteiger partial charge in [0.2, 0.25) is 0 Å². The lowest BCUT2D eigenvalue weighted by Gasteiger charge is -2.47. The summed E-state index contributed by atoms with van der Waals surface area (Å²) in [6, 6.07) is 4.00. The number of ether oxygens (including phenoxy) is 3. The van der Waals surface area contributed by atoms with Crippen LogP contribution in [0.25, 0.3) is 0 Å². The van der Waals surface area contributed by atoms with Gasteiger partial charge in [0.15, 0.2) is 0 Å². The van der Waals surface area contributed by atoms with Crippen molar-refractivity contribution in [1.29, 1.82) is 0 Å². The molecule has 2 aliphatic rings. The molecule has 0 amide bonds. The lowest BCUT2D eigenvalue weighted by molar-refractivity contribution is -0.143. The molecule has 2 atom stereocenters. The van der Waals surface area contributed by atoms with Gasteiger partial charge in [-0.1, -0.05) is 32.8 Å². The van der Waals surface area contributed by atoms with Gasteiger partial charge in [0.25, 0.3) is 0 Å². The van der Waals surface area contributed by atoms with Crippen molar-refractivity contribution in [1.82, 2.24) is 0 Å². The maximum atomic E-state index is 13.1. The van der Waals surface area contributed by atoms with Crippen LogP contribution in [0.5, 0.6) is 11.5 Å². The molecule has 0 radical (unpaired) electrons. The number of esters is 2. The average molecular weight is 529 g/mol. The highest BCUT2D eigenvalue weighted by Gasteiger charge is 2.47. The quantitative estimate of drug-likeness (QED) is 0.216. The molecule has 1 heterocycles. The van der Waals surface area contributed by atoms with Crippen LogP contribution in [0, 0.1) is 11.3 Å². The summed E-state index contributed by atoms with van der Waals surface area (Å²) in [5.74, 6) is -0.395. The highest BCUT2D eigenvalue weighted by Crippen LogP contribution is 2.55. The number of carbonyl (C=O) groups excluding carboxylic acids is 2. The molecule has 210 valence electrons. The Labute approximate surface area is 226 Å². The van der Waals surface area contributed by atoms with E-state index in [0.717, 1.165) is 36.8 Å². The van der Waals surface area contributed by atoms with Crippen LogP contribution >= 0.6 is 0 Å². The number of hydrogen-bond donors (Lipinski definition) is 1. The third kappa shape index (κ3) is 6.59. The molecule has 1 aromatic rings. The largest absolute Gasteiger partial charge is 0.487 e. The SMILES string of the molecule is COC(=O)CCCCCC(C)(C)c1cc(OC(=O)C(C)(C)C)c2c(c1)OC(C)(C)C1CC=C(C(=O)O)C[C@@H]21. The molecule has 0 saturated carbocycles. The van der Waals surface area contributed by atoms with E-state index in [0.29, 0.717) is 36.3 Å². The Morgan fingerprint density at radius 3 is 2.37 bits per heavy atom. The van der Waals surface area contributed by atoms with Gasteiger partial charge in [-0.3, -0.25) is 9.59 Å². The number of aliphatic carboxylic acids is 1. The summed E-state index contributed by atoms with van der Waals surface area (Å²) in [6.45, 7) is 13.9. The minimum Gasteiger partial charge on any atom is -0.487 e. The molecule has 0 spiro atoms. The summed E-state index contributed by atoms with van der Waals surface area (Å²) in [6.07, 6.45) is 6.67. The highest BCUT2D eigenvalue weighted by atomic mass is 16.5. The smallest absolute Gasteiger partial charge is 0.331 e. The van der Waals surface area contributed by atoms with E-state index in [1.165, 1.54) is 7.11 Å². The van der Waals surface area contributed by atoms with Gasteiger partial charge in [-0.15, -0.1) is 0 Å². The van der Waals surface area contributed by atoms with Crippen molar-refractivity contribution in [2.24, 2.45) is 11.3 Å². The number of methoxy groups -OCH3 is 1. The van der Waals surface area contributed by atoms with Gasteiger partial charge in [-0.25, -0.2) is 4.79 Å². The Balaban J connectivity index is 2.00. The molecule has 0 aromatic heterocycles. The Morgan fingerprint density at radius 1 is 1.08 bits per heavy atom. The maximum absolute atomic E-state index is 13.1. The molecule has 0 saturated heterocycles. The van der Waals surface area contributed by atoms with Crippen LogP contribution in [-0.4, -0.2) is 35.7 Å². The minimum atomic E-state index is -0.910. The molecular formula is C31H44O7. The topological polar surface area (TPSA) is 99.1 Å². The number of hydrogen-bond acceptors (Lipinski definition) is 6. The standard InChI is InChI=1S/C31H44O7/c1-29(2,3)28(35)37-23-17-20(30(4,5)15-11-9-10-12-25(32)36-8)18-24-26(23)21-16-19(27(33)34)13-14-22(21)31(6,7)38-24/h13,17-18,21-22H,9-12,14-16H2,1-8H3,(H,33,34)/t21-,22?/m1/s1. The maximum Gasteiger partial charge on any atom is 0.331 e. The van der Waals surface area contributed by atoms with Crippen LogP contribution in [0.15, 0.2) is 23.8 Å². The zero-order valence-electron chi connectivity index (χ0n) is 24.2. The predicted molar refractivity (Wildman–Crippen MR) is 146 cm³/mol. The second kappa shape index (κ2) is 11.1. The van der Waals surface area contributed by atoms with Crippen LogP contribution in [0.1, 0.15) is 110 Å². The second-order valence-corrected chi connectivity index (χ2v) is 12.9. The van der Waals surface area contributed by atoms with Crippen molar-refractivity contribution >= 4 is 17.9 Å². The number of fused-ring (bicyclic) bond motifs is 3. The number of unbranched alkanes of at least 4 members (excludes halogenated alkanes) is 2. The van der Waals surface area contributed by atoms with Crippen LogP contribution in [-0.2, 0) is 24.5 Å². The summed E-state index contributed by atoms with van der Waals surface area (Å²) < 4.78 is 17.4. The fourth-order valence-electron chi connectivity index (χ4n) is 5.54. The average Bonchev–Trinajstić information content (AvgIpc) is 2.81. The molecule has 0 fully saturated rings. The first kappa shape index (κ1) is 29.7. The van der Waals surface area contributed by atoms with E-state index < -0.39 is 17.0 Å². The molecule has 3 rings (SSSR count). The van der Waals surface area contributed by atoms with Crippen molar-refractivity contribution in [2.75, 3.05) is 7.11 Å². The molecule has 1 aliphatic heterocycles. The van der Waals surface area contributed by atoms with Gasteiger partial charge in [0.05, 0.1) is 12.5 Å². The predicted octanol–water partition coefficient (Wildman–Crippen LogP) is 6.71. The molecule has 1 unspecified atom stereocenters. The number of rotatable bonds is 9. The van der Waals surface area contributed by atoms with Crippen LogP contribution < -0.4 is 9.47 Å². The van der Waals surface area contributed by atoms with Crippen molar-refractivity contribution in [3.05, 3.63) is 34.9 Å². The first-order chi connectivity index (χ1) is 17.6. The lowest BCUT2D eigenvalue weighted by atomic mass is 9.66. The van der Waals surface area contributed by atoms with Gasteiger partial charge in [0.1, 0.15) is 17.1 Å². The molecule has 7 heteroatoms. The molecule has 38 heavy (non-hydrogen) atoms. The van der Waals surface area contributed by atoms with Crippen molar-refractivity contribution in [2.45, 2.75) is 110 Å². The molecule has 1 aliphatic carbocycles. The normalized spacial score (nSPS) is 20.4. The molecule has 1 N–H and O–H groups in total. The third-order valence-corrected chi connectivity index (χ3v) is 8.07. The van der Waals surface area contributed by atoms with Crippen LogP contribution in [0.2, 0.25) is 0 Å². The Kier molecular flexibility index (Phi) is 8.69. The summed E-state index contributed by atoms with van der Waals surface area (Å²) in [4.78, 5) is 36.4. The number of carbonyl (C=O) groups is 3. The lowest BCUT2D eigenvalue weighted by Crippen LogP contribution is -2.46. The molecule has 7 nitrogen and oxygen atoms in total.